The van der Waals surface area contributed by atoms with E-state index in [2.05, 4.69) is 25.8 Å². The van der Waals surface area contributed by atoms with Crippen LogP contribution in [-0.2, 0) is 4.79 Å². The Morgan fingerprint density at radius 2 is 1.72 bits per heavy atom. The second kappa shape index (κ2) is 11.8. The van der Waals surface area contributed by atoms with Gasteiger partial charge in [0.2, 0.25) is 17.8 Å². The van der Waals surface area contributed by atoms with Gasteiger partial charge in [0.1, 0.15) is 11.4 Å². The zero-order chi connectivity index (χ0) is 31.1. The molecule has 2 fully saturated rings. The molecule has 0 aliphatic heterocycles. The quantitative estimate of drug-likeness (QED) is 0.279. The van der Waals surface area contributed by atoms with Crippen LogP contribution in [0.15, 0.2) is 24.5 Å². The summed E-state index contributed by atoms with van der Waals surface area (Å²) in [4.78, 5) is 30.1. The Labute approximate surface area is 243 Å². The molecule has 2 aliphatic carbocycles. The van der Waals surface area contributed by atoms with Crippen LogP contribution in [0.25, 0.3) is 5.65 Å². The summed E-state index contributed by atoms with van der Waals surface area (Å²) < 4.78 is 84.1. The van der Waals surface area contributed by atoms with Gasteiger partial charge in [-0.3, -0.25) is 14.3 Å². The van der Waals surface area contributed by atoms with Crippen LogP contribution in [0.5, 0.6) is 0 Å². The zero-order valence-electron chi connectivity index (χ0n) is 23.7. The van der Waals surface area contributed by atoms with E-state index in [0.717, 1.165) is 17.4 Å². The fourth-order valence-electron chi connectivity index (χ4n) is 5.64. The molecule has 3 heterocycles. The Morgan fingerprint density at radius 3 is 2.35 bits per heavy atom. The van der Waals surface area contributed by atoms with Gasteiger partial charge in [0.05, 0.1) is 24.7 Å². The molecule has 0 spiro atoms. The SMILES string of the molecule is CC(C)n1nccc1C(=O)N[C@H](c1nc2cc(C(NC(=O)CCC(F)(F)F)C3CC3)cnn2c1F)C1CCC(F)(F)CC1. The number of halogens is 6. The lowest BCUT2D eigenvalue weighted by Crippen LogP contribution is -2.38. The first-order chi connectivity index (χ1) is 20.2. The normalized spacial score (nSPS) is 19.0. The Hall–Kier alpha value is -3.65. The van der Waals surface area contributed by atoms with Crippen molar-refractivity contribution >= 4 is 17.5 Å². The zero-order valence-corrected chi connectivity index (χ0v) is 23.7. The van der Waals surface area contributed by atoms with E-state index in [9.17, 15) is 31.5 Å². The number of imidazole rings is 1. The highest BCUT2D eigenvalue weighted by Crippen LogP contribution is 2.43. The molecule has 234 valence electrons. The largest absolute Gasteiger partial charge is 0.389 e. The minimum Gasteiger partial charge on any atom is -0.349 e. The van der Waals surface area contributed by atoms with Crippen LogP contribution < -0.4 is 10.6 Å². The van der Waals surface area contributed by atoms with Crippen molar-refractivity contribution in [3.63, 3.8) is 0 Å². The van der Waals surface area contributed by atoms with Crippen molar-refractivity contribution in [2.75, 3.05) is 0 Å². The second-order valence-electron chi connectivity index (χ2n) is 11.7. The van der Waals surface area contributed by atoms with Crippen LogP contribution in [0.2, 0.25) is 0 Å². The molecule has 3 aromatic rings. The number of aromatic nitrogens is 5. The van der Waals surface area contributed by atoms with E-state index in [-0.39, 0.29) is 41.8 Å². The topological polar surface area (TPSA) is 106 Å². The van der Waals surface area contributed by atoms with E-state index in [1.165, 1.54) is 29.2 Å². The molecular weight excluding hydrogens is 580 g/mol. The molecule has 9 nitrogen and oxygen atoms in total. The van der Waals surface area contributed by atoms with Gasteiger partial charge in [-0.25, -0.2) is 13.8 Å². The first-order valence-corrected chi connectivity index (χ1v) is 14.3. The van der Waals surface area contributed by atoms with E-state index in [1.54, 1.807) is 0 Å². The maximum atomic E-state index is 15.9. The second-order valence-corrected chi connectivity index (χ2v) is 11.7. The summed E-state index contributed by atoms with van der Waals surface area (Å²) in [6.07, 6.45) is -2.93. The third-order valence-corrected chi connectivity index (χ3v) is 8.08. The summed E-state index contributed by atoms with van der Waals surface area (Å²) in [5, 5.41) is 13.8. The lowest BCUT2D eigenvalue weighted by molar-refractivity contribution is -0.144. The van der Waals surface area contributed by atoms with Gasteiger partial charge in [-0.15, -0.1) is 0 Å². The van der Waals surface area contributed by atoms with Crippen molar-refractivity contribution in [3.8, 4) is 0 Å². The molecule has 2 aliphatic rings. The Bertz CT molecular complexity index is 1470. The molecule has 5 rings (SSSR count). The summed E-state index contributed by atoms with van der Waals surface area (Å²) in [6.45, 7) is 3.67. The summed E-state index contributed by atoms with van der Waals surface area (Å²) >= 11 is 0. The van der Waals surface area contributed by atoms with Crippen LogP contribution >= 0.6 is 0 Å². The van der Waals surface area contributed by atoms with E-state index in [4.69, 9.17) is 0 Å². The molecule has 2 amide bonds. The molecule has 0 bridgehead atoms. The van der Waals surface area contributed by atoms with Crippen molar-refractivity contribution in [2.45, 2.75) is 95.4 Å². The number of amides is 2. The van der Waals surface area contributed by atoms with Gasteiger partial charge in [0, 0.05) is 31.5 Å². The number of carbonyl (C=O) groups is 2. The van der Waals surface area contributed by atoms with Crippen LogP contribution in [0, 0.1) is 17.8 Å². The number of alkyl halides is 5. The highest BCUT2D eigenvalue weighted by atomic mass is 19.4. The Kier molecular flexibility index (Phi) is 8.45. The average Bonchev–Trinajstić information content (AvgIpc) is 3.55. The Morgan fingerprint density at radius 1 is 1.05 bits per heavy atom. The predicted octanol–water partition coefficient (Wildman–Crippen LogP) is 5.85. The lowest BCUT2D eigenvalue weighted by atomic mass is 9.81. The predicted molar refractivity (Wildman–Crippen MR) is 142 cm³/mol. The number of fused-ring (bicyclic) bond motifs is 1. The minimum atomic E-state index is -4.47. The minimum absolute atomic E-state index is 0.0138. The number of nitrogens with one attached hydrogen (secondary N) is 2. The maximum absolute atomic E-state index is 15.9. The molecule has 2 N–H and O–H groups in total. The third-order valence-electron chi connectivity index (χ3n) is 8.08. The first kappa shape index (κ1) is 30.8. The Balaban J connectivity index is 1.44. The van der Waals surface area contributed by atoms with E-state index < -0.39 is 73.5 Å². The molecule has 15 heteroatoms. The number of rotatable bonds is 10. The average molecular weight is 614 g/mol. The fraction of sp³-hybridized carbons (Fsp3) is 0.607. The van der Waals surface area contributed by atoms with Crippen LogP contribution in [0.1, 0.15) is 105 Å². The molecule has 3 aromatic heterocycles. The molecular formula is C28H33F6N7O2. The number of carbonyl (C=O) groups excluding carboxylic acids is 2. The molecule has 0 radical (unpaired) electrons. The van der Waals surface area contributed by atoms with Crippen LogP contribution in [0.3, 0.4) is 0 Å². The molecule has 1 unspecified atom stereocenters. The van der Waals surface area contributed by atoms with Crippen LogP contribution in [-0.4, -0.2) is 48.3 Å². The van der Waals surface area contributed by atoms with Gasteiger partial charge in [0.25, 0.3) is 5.91 Å². The van der Waals surface area contributed by atoms with Crippen molar-refractivity contribution < 1.29 is 35.9 Å². The van der Waals surface area contributed by atoms with Gasteiger partial charge in [-0.2, -0.15) is 32.3 Å². The number of hydrogen-bond donors (Lipinski definition) is 2. The van der Waals surface area contributed by atoms with E-state index in [0.29, 0.717) is 5.56 Å². The molecule has 0 aromatic carbocycles. The number of nitrogens with zero attached hydrogens (tertiary/aromatic N) is 5. The van der Waals surface area contributed by atoms with E-state index >= 15 is 4.39 Å². The summed E-state index contributed by atoms with van der Waals surface area (Å²) in [5.74, 6) is -5.60. The summed E-state index contributed by atoms with van der Waals surface area (Å²) in [7, 11) is 0. The van der Waals surface area contributed by atoms with Crippen molar-refractivity contribution in [1.82, 2.24) is 35.0 Å². The fourth-order valence-corrected chi connectivity index (χ4v) is 5.64. The van der Waals surface area contributed by atoms with Crippen LogP contribution in [0.4, 0.5) is 26.3 Å². The summed E-state index contributed by atoms with van der Waals surface area (Å²) in [6, 6.07) is 1.18. The maximum Gasteiger partial charge on any atom is 0.389 e. The van der Waals surface area contributed by atoms with Gasteiger partial charge in [-0.05, 0) is 69.1 Å². The standard InChI is InChI=1S/C28H33F6N7O2/c1-15(2)40-19(8-12-35-40)26(43)39-23(17-5-9-27(30,31)10-6-17)24-25(29)41-20(37-24)13-18(14-36-41)22(16-3-4-16)38-21(42)7-11-28(32,33)34/h8,12-17,22-23H,3-7,9-11H2,1-2H3,(H,38,42)(H,39,43)/t22?,23-/m0/s1. The van der Waals surface area contributed by atoms with Gasteiger partial charge < -0.3 is 10.6 Å². The van der Waals surface area contributed by atoms with Gasteiger partial charge in [0.15, 0.2) is 5.65 Å². The highest BCUT2D eigenvalue weighted by Gasteiger charge is 2.41. The van der Waals surface area contributed by atoms with Crippen molar-refractivity contribution in [1.29, 1.82) is 0 Å². The molecule has 2 atom stereocenters. The van der Waals surface area contributed by atoms with Crippen molar-refractivity contribution in [2.24, 2.45) is 11.8 Å². The monoisotopic (exact) mass is 613 g/mol. The highest BCUT2D eigenvalue weighted by molar-refractivity contribution is 5.92. The lowest BCUT2D eigenvalue weighted by Gasteiger charge is -2.33. The van der Waals surface area contributed by atoms with Gasteiger partial charge >= 0.3 is 6.18 Å². The van der Waals surface area contributed by atoms with Gasteiger partial charge in [-0.1, -0.05) is 0 Å². The summed E-state index contributed by atoms with van der Waals surface area (Å²) in [5.41, 5.74) is 0.554. The smallest absolute Gasteiger partial charge is 0.349 e. The number of hydrogen-bond acceptors (Lipinski definition) is 5. The first-order valence-electron chi connectivity index (χ1n) is 14.3. The molecule has 0 saturated heterocycles. The van der Waals surface area contributed by atoms with E-state index in [1.807, 2.05) is 13.8 Å². The molecule has 43 heavy (non-hydrogen) atoms. The van der Waals surface area contributed by atoms with Crippen molar-refractivity contribution in [3.05, 3.63) is 47.4 Å². The third kappa shape index (κ3) is 7.12. The molecule has 2 saturated carbocycles.